The van der Waals surface area contributed by atoms with Crippen molar-refractivity contribution >= 4 is 0 Å². The van der Waals surface area contributed by atoms with E-state index in [0.717, 1.165) is 11.6 Å². The van der Waals surface area contributed by atoms with Gasteiger partial charge in [0, 0.05) is 6.04 Å². The molecule has 1 aromatic heterocycles. The van der Waals surface area contributed by atoms with Crippen molar-refractivity contribution in [1.29, 1.82) is 0 Å². The number of rotatable bonds is 3. The Morgan fingerprint density at radius 2 is 2.25 bits per heavy atom. The van der Waals surface area contributed by atoms with Crippen LogP contribution in [0.2, 0.25) is 0 Å². The summed E-state index contributed by atoms with van der Waals surface area (Å²) in [5, 5.41) is 8.39. The van der Waals surface area contributed by atoms with Gasteiger partial charge in [0.25, 0.3) is 0 Å². The second kappa shape index (κ2) is 4.95. The minimum atomic E-state index is -0.0163. The normalized spacial score (nSPS) is 27.9. The van der Waals surface area contributed by atoms with Gasteiger partial charge in [0.15, 0.2) is 0 Å². The zero-order valence-electron chi connectivity index (χ0n) is 10.3. The molecule has 0 bridgehead atoms. The average Bonchev–Trinajstić information content (AvgIpc) is 2.78. The summed E-state index contributed by atoms with van der Waals surface area (Å²) >= 11 is 0. The summed E-state index contributed by atoms with van der Waals surface area (Å²) in [5.74, 6) is 0.761. The fraction of sp³-hybridized carbons (Fsp3) is 0.833. The van der Waals surface area contributed by atoms with Crippen molar-refractivity contribution in [2.24, 2.45) is 11.7 Å². The molecule has 90 valence electrons. The van der Waals surface area contributed by atoms with E-state index in [9.17, 15) is 0 Å². The summed E-state index contributed by atoms with van der Waals surface area (Å²) in [6.45, 7) is 4.22. The molecule has 0 amide bonds. The number of hydrogen-bond acceptors (Lipinski definition) is 3. The first-order valence-corrected chi connectivity index (χ1v) is 6.39. The number of hydrogen-bond donors (Lipinski definition) is 1. The van der Waals surface area contributed by atoms with Crippen LogP contribution in [0.1, 0.15) is 63.7 Å². The molecule has 0 aliphatic heterocycles. The van der Waals surface area contributed by atoms with Crippen LogP contribution in [0.15, 0.2) is 6.20 Å². The van der Waals surface area contributed by atoms with E-state index in [1.54, 1.807) is 0 Å². The van der Waals surface area contributed by atoms with E-state index >= 15 is 0 Å². The maximum absolute atomic E-state index is 5.81. The molecule has 1 heterocycles. The molecule has 4 nitrogen and oxygen atoms in total. The molecule has 1 aliphatic carbocycles. The van der Waals surface area contributed by atoms with Gasteiger partial charge in [-0.3, -0.25) is 0 Å². The van der Waals surface area contributed by atoms with Gasteiger partial charge in [-0.25, -0.2) is 4.68 Å². The molecule has 3 unspecified atom stereocenters. The minimum Gasteiger partial charge on any atom is -0.323 e. The Morgan fingerprint density at radius 3 is 2.88 bits per heavy atom. The number of aromatic nitrogens is 3. The van der Waals surface area contributed by atoms with Crippen LogP contribution in [0.4, 0.5) is 0 Å². The Kier molecular flexibility index (Phi) is 3.59. The van der Waals surface area contributed by atoms with Crippen LogP contribution in [0.25, 0.3) is 0 Å². The Balaban J connectivity index is 2.14. The third-order valence-corrected chi connectivity index (χ3v) is 3.73. The van der Waals surface area contributed by atoms with Gasteiger partial charge in [-0.2, -0.15) is 0 Å². The van der Waals surface area contributed by atoms with Crippen LogP contribution < -0.4 is 5.73 Å². The first-order valence-electron chi connectivity index (χ1n) is 6.39. The van der Waals surface area contributed by atoms with Crippen LogP contribution in [0.3, 0.4) is 0 Å². The average molecular weight is 222 g/mol. The third-order valence-electron chi connectivity index (χ3n) is 3.73. The predicted octanol–water partition coefficient (Wildman–Crippen LogP) is 2.44. The summed E-state index contributed by atoms with van der Waals surface area (Å²) in [5.41, 5.74) is 6.71. The summed E-state index contributed by atoms with van der Waals surface area (Å²) in [6.07, 6.45) is 8.51. The van der Waals surface area contributed by atoms with Crippen LogP contribution in [-0.2, 0) is 0 Å². The van der Waals surface area contributed by atoms with Crippen LogP contribution >= 0.6 is 0 Å². The molecule has 2 rings (SSSR count). The quantitative estimate of drug-likeness (QED) is 0.854. The van der Waals surface area contributed by atoms with E-state index in [1.807, 2.05) is 17.8 Å². The van der Waals surface area contributed by atoms with E-state index in [1.165, 1.54) is 32.1 Å². The van der Waals surface area contributed by atoms with Crippen LogP contribution in [0.5, 0.6) is 0 Å². The lowest BCUT2D eigenvalue weighted by Gasteiger charge is -2.30. The van der Waals surface area contributed by atoms with Gasteiger partial charge in [-0.1, -0.05) is 31.4 Å². The monoisotopic (exact) mass is 222 g/mol. The fourth-order valence-corrected chi connectivity index (χ4v) is 2.67. The Hall–Kier alpha value is -0.900. The number of nitrogens with zero attached hydrogens (tertiary/aromatic N) is 3. The molecular formula is C12H22N4. The predicted molar refractivity (Wildman–Crippen MR) is 63.9 cm³/mol. The smallest absolute Gasteiger partial charge is 0.0991 e. The van der Waals surface area contributed by atoms with Gasteiger partial charge in [0.05, 0.1) is 17.9 Å². The van der Waals surface area contributed by atoms with Crippen molar-refractivity contribution in [1.82, 2.24) is 15.0 Å². The topological polar surface area (TPSA) is 56.7 Å². The van der Waals surface area contributed by atoms with Crippen molar-refractivity contribution in [3.05, 3.63) is 11.9 Å². The molecule has 0 spiro atoms. The van der Waals surface area contributed by atoms with Gasteiger partial charge in [-0.15, -0.1) is 5.10 Å². The minimum absolute atomic E-state index is 0.0163. The first-order chi connectivity index (χ1) is 7.72. The summed E-state index contributed by atoms with van der Waals surface area (Å²) < 4.78 is 2.05. The lowest BCUT2D eigenvalue weighted by atomic mass is 9.83. The third kappa shape index (κ3) is 2.26. The highest BCUT2D eigenvalue weighted by molar-refractivity contribution is 4.99. The van der Waals surface area contributed by atoms with Gasteiger partial charge >= 0.3 is 0 Å². The molecule has 1 saturated carbocycles. The van der Waals surface area contributed by atoms with Crippen molar-refractivity contribution in [2.75, 3.05) is 0 Å². The maximum atomic E-state index is 5.81. The van der Waals surface area contributed by atoms with E-state index in [0.29, 0.717) is 6.04 Å². The van der Waals surface area contributed by atoms with Crippen molar-refractivity contribution in [3.8, 4) is 0 Å². The lowest BCUT2D eigenvalue weighted by Crippen LogP contribution is -2.23. The molecule has 1 fully saturated rings. The summed E-state index contributed by atoms with van der Waals surface area (Å²) in [6, 6.07) is 0.524. The van der Waals surface area contributed by atoms with Crippen molar-refractivity contribution in [3.63, 3.8) is 0 Å². The zero-order valence-corrected chi connectivity index (χ0v) is 10.3. The highest BCUT2D eigenvalue weighted by atomic mass is 15.4. The first kappa shape index (κ1) is 11.6. The summed E-state index contributed by atoms with van der Waals surface area (Å²) in [4.78, 5) is 0. The van der Waals surface area contributed by atoms with Crippen molar-refractivity contribution < 1.29 is 0 Å². The molecule has 0 saturated heterocycles. The Bertz CT molecular complexity index is 332. The van der Waals surface area contributed by atoms with E-state index < -0.39 is 0 Å². The highest BCUT2D eigenvalue weighted by Gasteiger charge is 2.26. The molecule has 1 aromatic rings. The van der Waals surface area contributed by atoms with Gasteiger partial charge in [0.1, 0.15) is 0 Å². The second-order valence-electron chi connectivity index (χ2n) is 4.93. The molecule has 3 atom stereocenters. The SMILES string of the molecule is CCC1CCCCC1n1cc(C(C)N)nn1. The number of nitrogens with two attached hydrogens (primary N) is 1. The molecule has 0 radical (unpaired) electrons. The molecule has 16 heavy (non-hydrogen) atoms. The van der Waals surface area contributed by atoms with E-state index in [-0.39, 0.29) is 6.04 Å². The second-order valence-corrected chi connectivity index (χ2v) is 4.93. The summed E-state index contributed by atoms with van der Waals surface area (Å²) in [7, 11) is 0. The molecule has 0 aromatic carbocycles. The highest BCUT2D eigenvalue weighted by Crippen LogP contribution is 2.35. The molecule has 2 N–H and O–H groups in total. The zero-order chi connectivity index (χ0) is 11.5. The van der Waals surface area contributed by atoms with Crippen LogP contribution in [-0.4, -0.2) is 15.0 Å². The largest absolute Gasteiger partial charge is 0.323 e. The van der Waals surface area contributed by atoms with Gasteiger partial charge in [-0.05, 0) is 25.7 Å². The molecule has 4 heteroatoms. The van der Waals surface area contributed by atoms with Crippen molar-refractivity contribution in [2.45, 2.75) is 58.0 Å². The van der Waals surface area contributed by atoms with Gasteiger partial charge in [0.2, 0.25) is 0 Å². The fourth-order valence-electron chi connectivity index (χ4n) is 2.67. The van der Waals surface area contributed by atoms with Gasteiger partial charge < -0.3 is 5.73 Å². The standard InChI is InChI=1S/C12H22N4/c1-3-10-6-4-5-7-12(10)16-8-11(9(2)13)14-15-16/h8-10,12H,3-7,13H2,1-2H3. The maximum Gasteiger partial charge on any atom is 0.0991 e. The lowest BCUT2D eigenvalue weighted by molar-refractivity contribution is 0.214. The Labute approximate surface area is 97.2 Å². The van der Waals surface area contributed by atoms with E-state index in [4.69, 9.17) is 5.73 Å². The Morgan fingerprint density at radius 1 is 1.50 bits per heavy atom. The molecule has 1 aliphatic rings. The van der Waals surface area contributed by atoms with Crippen LogP contribution in [0, 0.1) is 5.92 Å². The molecular weight excluding hydrogens is 200 g/mol. The van der Waals surface area contributed by atoms with E-state index in [2.05, 4.69) is 17.2 Å².